The molecular formula is C22H26N2O5. The summed E-state index contributed by atoms with van der Waals surface area (Å²) >= 11 is 0. The molecule has 1 N–H and O–H groups in total. The first-order chi connectivity index (χ1) is 14.0. The molecule has 2 aliphatic heterocycles. The minimum absolute atomic E-state index is 0.0346. The highest BCUT2D eigenvalue weighted by Crippen LogP contribution is 2.39. The Morgan fingerprint density at radius 3 is 2.72 bits per heavy atom. The second-order valence-corrected chi connectivity index (χ2v) is 7.38. The van der Waals surface area contributed by atoms with Crippen molar-refractivity contribution in [3.63, 3.8) is 0 Å². The number of aryl methyl sites for hydroxylation is 1. The van der Waals surface area contributed by atoms with Crippen LogP contribution in [0.1, 0.15) is 63.5 Å². The lowest BCUT2D eigenvalue weighted by molar-refractivity contribution is 0.0599. The predicted octanol–water partition coefficient (Wildman–Crippen LogP) is 3.42. The van der Waals surface area contributed by atoms with E-state index in [0.717, 1.165) is 35.6 Å². The smallest absolute Gasteiger partial charge is 0.339 e. The number of likely N-dealkylation sites (tertiary alicyclic amines) is 1. The van der Waals surface area contributed by atoms with Gasteiger partial charge < -0.3 is 24.1 Å². The van der Waals surface area contributed by atoms with Crippen LogP contribution in [0.25, 0.3) is 0 Å². The second kappa shape index (κ2) is 7.81. The lowest BCUT2D eigenvalue weighted by Gasteiger charge is -2.26. The van der Waals surface area contributed by atoms with Crippen LogP contribution >= 0.6 is 0 Å². The zero-order valence-corrected chi connectivity index (χ0v) is 17.0. The van der Waals surface area contributed by atoms with Gasteiger partial charge in [-0.3, -0.25) is 4.79 Å². The number of aromatic amines is 1. The van der Waals surface area contributed by atoms with E-state index < -0.39 is 5.97 Å². The third-order valence-electron chi connectivity index (χ3n) is 5.75. The Morgan fingerprint density at radius 1 is 1.24 bits per heavy atom. The number of carbonyl (C=O) groups is 2. The van der Waals surface area contributed by atoms with Crippen molar-refractivity contribution < 1.29 is 23.8 Å². The monoisotopic (exact) mass is 398 g/mol. The van der Waals surface area contributed by atoms with E-state index in [-0.39, 0.29) is 11.9 Å². The second-order valence-electron chi connectivity index (χ2n) is 7.38. The standard InChI is InChI=1S/C22H26N2O5/c1-4-15-19(22(26)27-3)13(2)20(23-15)21(25)24-9-5-6-16(24)14-7-8-17-18(12-14)29-11-10-28-17/h7-8,12,16,23H,4-6,9-11H2,1-3H3. The van der Waals surface area contributed by atoms with Crippen LogP contribution in [0.15, 0.2) is 18.2 Å². The summed E-state index contributed by atoms with van der Waals surface area (Å²) in [6, 6.07) is 5.86. The van der Waals surface area contributed by atoms with Gasteiger partial charge in [0.05, 0.1) is 18.7 Å². The Labute approximate surface area is 169 Å². The molecule has 2 aliphatic rings. The molecule has 1 aromatic heterocycles. The number of nitrogens with one attached hydrogen (secondary N) is 1. The first kappa shape index (κ1) is 19.4. The van der Waals surface area contributed by atoms with Crippen LogP contribution in [0.2, 0.25) is 0 Å². The highest BCUT2D eigenvalue weighted by Gasteiger charge is 2.34. The quantitative estimate of drug-likeness (QED) is 0.798. The minimum Gasteiger partial charge on any atom is -0.486 e. The van der Waals surface area contributed by atoms with E-state index in [1.54, 1.807) is 6.92 Å². The molecule has 1 aromatic carbocycles. The molecule has 4 rings (SSSR count). The van der Waals surface area contributed by atoms with E-state index in [9.17, 15) is 9.59 Å². The SMILES string of the molecule is CCc1[nH]c(C(=O)N2CCCC2c2ccc3c(c2)OCCO3)c(C)c1C(=O)OC. The van der Waals surface area contributed by atoms with Gasteiger partial charge in [0.1, 0.15) is 18.9 Å². The molecule has 7 heteroatoms. The van der Waals surface area contributed by atoms with Crippen LogP contribution in [0, 0.1) is 6.92 Å². The normalized spacial score (nSPS) is 18.0. The van der Waals surface area contributed by atoms with Crippen molar-refractivity contribution >= 4 is 11.9 Å². The molecule has 29 heavy (non-hydrogen) atoms. The van der Waals surface area contributed by atoms with Gasteiger partial charge in [0.15, 0.2) is 11.5 Å². The summed E-state index contributed by atoms with van der Waals surface area (Å²) in [5.41, 5.74) is 3.34. The van der Waals surface area contributed by atoms with Crippen LogP contribution < -0.4 is 9.47 Å². The number of fused-ring (bicyclic) bond motifs is 1. The maximum atomic E-state index is 13.4. The number of nitrogens with zero attached hydrogens (tertiary/aromatic N) is 1. The van der Waals surface area contributed by atoms with Gasteiger partial charge in [-0.05, 0) is 49.4 Å². The summed E-state index contributed by atoms with van der Waals surface area (Å²) in [6.07, 6.45) is 2.43. The number of amides is 1. The van der Waals surface area contributed by atoms with Crippen molar-refractivity contribution in [1.29, 1.82) is 0 Å². The van der Waals surface area contributed by atoms with E-state index >= 15 is 0 Å². The highest BCUT2D eigenvalue weighted by atomic mass is 16.6. The zero-order chi connectivity index (χ0) is 20.5. The molecule has 1 fully saturated rings. The molecule has 0 spiro atoms. The number of aromatic nitrogens is 1. The maximum absolute atomic E-state index is 13.4. The molecule has 0 saturated carbocycles. The summed E-state index contributed by atoms with van der Waals surface area (Å²) in [6.45, 7) is 5.49. The van der Waals surface area contributed by atoms with E-state index in [2.05, 4.69) is 4.98 Å². The van der Waals surface area contributed by atoms with Gasteiger partial charge in [0.25, 0.3) is 5.91 Å². The molecular weight excluding hydrogens is 372 g/mol. The number of H-pyrrole nitrogens is 1. The average Bonchev–Trinajstić information content (AvgIpc) is 3.37. The number of carbonyl (C=O) groups excluding carboxylic acids is 2. The number of ether oxygens (including phenoxy) is 3. The third kappa shape index (κ3) is 3.34. The zero-order valence-electron chi connectivity index (χ0n) is 17.0. The summed E-state index contributed by atoms with van der Waals surface area (Å²) in [5.74, 6) is 0.959. The number of rotatable bonds is 4. The Kier molecular flexibility index (Phi) is 5.22. The van der Waals surface area contributed by atoms with Crippen molar-refractivity contribution in [2.24, 2.45) is 0 Å². The Balaban J connectivity index is 1.65. The largest absolute Gasteiger partial charge is 0.486 e. The summed E-state index contributed by atoms with van der Waals surface area (Å²) in [5, 5.41) is 0. The molecule has 2 aromatic rings. The van der Waals surface area contributed by atoms with Crippen molar-refractivity contribution in [2.75, 3.05) is 26.9 Å². The first-order valence-corrected chi connectivity index (χ1v) is 10.0. The van der Waals surface area contributed by atoms with Crippen LogP contribution in [0.5, 0.6) is 11.5 Å². The molecule has 1 saturated heterocycles. The van der Waals surface area contributed by atoms with E-state index in [1.807, 2.05) is 30.0 Å². The maximum Gasteiger partial charge on any atom is 0.339 e. The fourth-order valence-corrected chi connectivity index (χ4v) is 4.28. The van der Waals surface area contributed by atoms with Crippen molar-refractivity contribution in [2.45, 2.75) is 39.2 Å². The number of esters is 1. The van der Waals surface area contributed by atoms with Gasteiger partial charge in [-0.2, -0.15) is 0 Å². The number of methoxy groups -OCH3 is 1. The molecule has 3 heterocycles. The van der Waals surface area contributed by atoms with E-state index in [0.29, 0.717) is 43.0 Å². The van der Waals surface area contributed by atoms with E-state index in [4.69, 9.17) is 14.2 Å². The molecule has 1 unspecified atom stereocenters. The van der Waals surface area contributed by atoms with E-state index in [1.165, 1.54) is 7.11 Å². The number of hydrogen-bond donors (Lipinski definition) is 1. The average molecular weight is 398 g/mol. The predicted molar refractivity (Wildman–Crippen MR) is 107 cm³/mol. The van der Waals surface area contributed by atoms with Crippen LogP contribution in [0.4, 0.5) is 0 Å². The van der Waals surface area contributed by atoms with Gasteiger partial charge >= 0.3 is 5.97 Å². The third-order valence-corrected chi connectivity index (χ3v) is 5.75. The summed E-state index contributed by atoms with van der Waals surface area (Å²) in [7, 11) is 1.36. The molecule has 1 amide bonds. The van der Waals surface area contributed by atoms with Gasteiger partial charge in [-0.25, -0.2) is 4.79 Å². The number of benzene rings is 1. The van der Waals surface area contributed by atoms with Crippen molar-refractivity contribution in [3.05, 3.63) is 46.3 Å². The molecule has 0 radical (unpaired) electrons. The molecule has 0 bridgehead atoms. The highest BCUT2D eigenvalue weighted by molar-refractivity contribution is 6.00. The van der Waals surface area contributed by atoms with Crippen LogP contribution in [-0.4, -0.2) is 48.6 Å². The Morgan fingerprint density at radius 2 is 2.00 bits per heavy atom. The molecule has 0 aliphatic carbocycles. The van der Waals surface area contributed by atoms with Gasteiger partial charge in [0, 0.05) is 12.2 Å². The lowest BCUT2D eigenvalue weighted by Crippen LogP contribution is -2.31. The summed E-state index contributed by atoms with van der Waals surface area (Å²) < 4.78 is 16.2. The number of hydrogen-bond acceptors (Lipinski definition) is 5. The first-order valence-electron chi connectivity index (χ1n) is 10.0. The lowest BCUT2D eigenvalue weighted by atomic mass is 10.0. The Bertz CT molecular complexity index is 949. The molecule has 1 atom stereocenters. The summed E-state index contributed by atoms with van der Waals surface area (Å²) in [4.78, 5) is 30.7. The van der Waals surface area contributed by atoms with Crippen molar-refractivity contribution in [3.8, 4) is 11.5 Å². The fraction of sp³-hybridized carbons (Fsp3) is 0.455. The Hall–Kier alpha value is -2.96. The van der Waals surface area contributed by atoms with Crippen LogP contribution in [0.3, 0.4) is 0 Å². The van der Waals surface area contributed by atoms with Gasteiger partial charge in [0.2, 0.25) is 0 Å². The van der Waals surface area contributed by atoms with Gasteiger partial charge in [-0.1, -0.05) is 13.0 Å². The topological polar surface area (TPSA) is 80.9 Å². The van der Waals surface area contributed by atoms with Crippen molar-refractivity contribution in [1.82, 2.24) is 9.88 Å². The van der Waals surface area contributed by atoms with Gasteiger partial charge in [-0.15, -0.1) is 0 Å². The van der Waals surface area contributed by atoms with Crippen LogP contribution in [-0.2, 0) is 11.2 Å². The molecule has 154 valence electrons. The fourth-order valence-electron chi connectivity index (χ4n) is 4.28. The minimum atomic E-state index is -0.417. The molecule has 7 nitrogen and oxygen atoms in total.